The van der Waals surface area contributed by atoms with Crippen molar-refractivity contribution in [2.45, 2.75) is 38.0 Å². The lowest BCUT2D eigenvalue weighted by Gasteiger charge is -2.24. The molecule has 10 heteroatoms. The third kappa shape index (κ3) is 3.33. The molecule has 3 N–H and O–H groups in total. The first-order valence-electron chi connectivity index (χ1n) is 6.97. The van der Waals surface area contributed by atoms with E-state index in [9.17, 15) is 19.1 Å². The number of aromatic nitrogens is 2. The average molecular weight is 331 g/mol. The fraction of sp³-hybridized carbons (Fsp3) is 0.615. The van der Waals surface area contributed by atoms with Gasteiger partial charge in [0.1, 0.15) is 18.0 Å². The quantitative estimate of drug-likeness (QED) is 0.697. The molecule has 0 spiro atoms. The summed E-state index contributed by atoms with van der Waals surface area (Å²) in [6.45, 7) is 2.24. The first-order chi connectivity index (χ1) is 10.8. The number of carbonyl (C=O) groups excluding carboxylic acids is 1. The highest BCUT2D eigenvalue weighted by Gasteiger charge is 2.55. The Morgan fingerprint density at radius 2 is 2.35 bits per heavy atom. The molecule has 2 heterocycles. The van der Waals surface area contributed by atoms with E-state index in [-0.39, 0.29) is 12.4 Å². The third-order valence-electron chi connectivity index (χ3n) is 3.49. The predicted octanol–water partition coefficient (Wildman–Crippen LogP) is -0.210. The minimum absolute atomic E-state index is 0.0671. The molecule has 0 aromatic carbocycles. The Morgan fingerprint density at radius 1 is 1.65 bits per heavy atom. The van der Waals surface area contributed by atoms with Crippen LogP contribution in [0.15, 0.2) is 17.1 Å². The van der Waals surface area contributed by atoms with Crippen molar-refractivity contribution < 1.29 is 28.9 Å². The lowest BCUT2D eigenvalue weighted by Crippen LogP contribution is -2.42. The highest BCUT2D eigenvalue weighted by Crippen LogP contribution is 2.40. The van der Waals surface area contributed by atoms with Crippen LogP contribution >= 0.6 is 0 Å². The summed E-state index contributed by atoms with van der Waals surface area (Å²) in [7, 11) is 0. The number of anilines is 1. The Labute approximate surface area is 130 Å². The summed E-state index contributed by atoms with van der Waals surface area (Å²) in [5.74, 6) is -0.0671. The maximum Gasteiger partial charge on any atom is 0.412 e. The number of amides is 1. The van der Waals surface area contributed by atoms with E-state index in [1.54, 1.807) is 6.92 Å². The van der Waals surface area contributed by atoms with E-state index in [0.717, 1.165) is 11.5 Å². The Kier molecular flexibility index (Phi) is 4.97. The Hall–Kier alpha value is -2.04. The van der Waals surface area contributed by atoms with E-state index in [4.69, 9.17) is 9.84 Å². The highest BCUT2D eigenvalue weighted by molar-refractivity contribution is 5.83. The second kappa shape index (κ2) is 6.60. The summed E-state index contributed by atoms with van der Waals surface area (Å²) in [6, 6.07) is 1.26. The number of hydrogen-bond acceptors (Lipinski definition) is 7. The minimum atomic E-state index is -2.30. The summed E-state index contributed by atoms with van der Waals surface area (Å²) in [4.78, 5) is 26.9. The lowest BCUT2D eigenvalue weighted by atomic mass is 9.98. The maximum absolute atomic E-state index is 14.6. The van der Waals surface area contributed by atoms with Crippen LogP contribution in [0.2, 0.25) is 0 Å². The Balaban J connectivity index is 2.24. The number of aliphatic hydroxyl groups excluding tert-OH is 2. The molecular formula is C13H18FN3O6. The number of rotatable bonds is 4. The smallest absolute Gasteiger partial charge is 0.412 e. The number of nitrogens with zero attached hydrogens (tertiary/aromatic N) is 2. The molecule has 1 aromatic rings. The van der Waals surface area contributed by atoms with E-state index in [0.29, 0.717) is 0 Å². The molecule has 1 saturated heterocycles. The molecule has 0 bridgehead atoms. The van der Waals surface area contributed by atoms with E-state index in [2.05, 4.69) is 15.0 Å². The zero-order chi connectivity index (χ0) is 17.2. The van der Waals surface area contributed by atoms with Crippen LogP contribution in [0, 0.1) is 0 Å². The van der Waals surface area contributed by atoms with Gasteiger partial charge in [-0.25, -0.2) is 14.0 Å². The summed E-state index contributed by atoms with van der Waals surface area (Å²) in [5, 5.41) is 21.1. The molecule has 2 rings (SSSR count). The first-order valence-corrected chi connectivity index (χ1v) is 6.97. The van der Waals surface area contributed by atoms with Crippen molar-refractivity contribution in [1.29, 1.82) is 0 Å². The fourth-order valence-electron chi connectivity index (χ4n) is 2.30. The van der Waals surface area contributed by atoms with Gasteiger partial charge in [-0.2, -0.15) is 4.98 Å². The van der Waals surface area contributed by atoms with Crippen LogP contribution in [0.1, 0.15) is 20.1 Å². The molecule has 0 unspecified atom stereocenters. The number of aliphatic hydroxyl groups is 2. The van der Waals surface area contributed by atoms with Gasteiger partial charge in [0.15, 0.2) is 11.9 Å². The van der Waals surface area contributed by atoms with E-state index in [1.807, 2.05) is 0 Å². The molecule has 1 aliphatic rings. The number of halogens is 1. The van der Waals surface area contributed by atoms with Crippen molar-refractivity contribution in [2.75, 3.05) is 18.5 Å². The van der Waals surface area contributed by atoms with Gasteiger partial charge in [-0.3, -0.25) is 9.88 Å². The van der Waals surface area contributed by atoms with Gasteiger partial charge in [-0.15, -0.1) is 0 Å². The van der Waals surface area contributed by atoms with Crippen molar-refractivity contribution in [2.24, 2.45) is 0 Å². The number of hydrogen-bond donors (Lipinski definition) is 3. The van der Waals surface area contributed by atoms with Crippen molar-refractivity contribution in [3.63, 3.8) is 0 Å². The van der Waals surface area contributed by atoms with Crippen LogP contribution < -0.4 is 11.0 Å². The molecular weight excluding hydrogens is 313 g/mol. The van der Waals surface area contributed by atoms with Crippen molar-refractivity contribution in [1.82, 2.24) is 9.55 Å². The highest BCUT2D eigenvalue weighted by atomic mass is 19.1. The van der Waals surface area contributed by atoms with Crippen molar-refractivity contribution in [3.05, 3.63) is 22.7 Å². The normalized spacial score (nSPS) is 30.2. The molecule has 1 amide bonds. The van der Waals surface area contributed by atoms with Gasteiger partial charge in [0.05, 0.1) is 13.2 Å². The first kappa shape index (κ1) is 17.3. The van der Waals surface area contributed by atoms with E-state index < -0.39 is 42.5 Å². The number of alkyl halides is 1. The van der Waals surface area contributed by atoms with Crippen LogP contribution in [0.4, 0.5) is 15.0 Å². The molecule has 9 nitrogen and oxygen atoms in total. The van der Waals surface area contributed by atoms with E-state index in [1.165, 1.54) is 12.3 Å². The zero-order valence-electron chi connectivity index (χ0n) is 12.6. The van der Waals surface area contributed by atoms with Gasteiger partial charge >= 0.3 is 11.8 Å². The summed E-state index contributed by atoms with van der Waals surface area (Å²) < 4.78 is 25.3. The topological polar surface area (TPSA) is 123 Å². The van der Waals surface area contributed by atoms with Crippen LogP contribution in [-0.4, -0.2) is 56.9 Å². The second-order valence-electron chi connectivity index (χ2n) is 5.15. The number of ether oxygens (including phenoxy) is 2. The minimum Gasteiger partial charge on any atom is -0.450 e. The Bertz CT molecular complexity index is 634. The molecule has 1 aliphatic heterocycles. The monoisotopic (exact) mass is 331 g/mol. The second-order valence-corrected chi connectivity index (χ2v) is 5.15. The van der Waals surface area contributed by atoms with Gasteiger partial charge in [0, 0.05) is 6.20 Å². The summed E-state index contributed by atoms with van der Waals surface area (Å²) in [6.07, 6.45) is -3.81. The van der Waals surface area contributed by atoms with Gasteiger partial charge in [0.25, 0.3) is 0 Å². The number of nitrogens with one attached hydrogen (secondary N) is 1. The van der Waals surface area contributed by atoms with Crippen molar-refractivity contribution in [3.8, 4) is 0 Å². The van der Waals surface area contributed by atoms with Crippen LogP contribution in [0.5, 0.6) is 0 Å². The summed E-state index contributed by atoms with van der Waals surface area (Å²) >= 11 is 0. The van der Waals surface area contributed by atoms with Crippen LogP contribution in [-0.2, 0) is 9.47 Å². The molecule has 1 fully saturated rings. The van der Waals surface area contributed by atoms with Gasteiger partial charge in [-0.05, 0) is 19.9 Å². The molecule has 0 saturated carbocycles. The third-order valence-corrected chi connectivity index (χ3v) is 3.49. The van der Waals surface area contributed by atoms with Gasteiger partial charge in [0.2, 0.25) is 0 Å². The average Bonchev–Trinajstić information content (AvgIpc) is 2.70. The molecule has 4 atom stereocenters. The maximum atomic E-state index is 14.6. The number of carbonyl (C=O) groups is 1. The fourth-order valence-corrected chi connectivity index (χ4v) is 2.30. The van der Waals surface area contributed by atoms with Gasteiger partial charge in [-0.1, -0.05) is 0 Å². The Morgan fingerprint density at radius 3 is 2.87 bits per heavy atom. The summed E-state index contributed by atoms with van der Waals surface area (Å²) in [5.41, 5.74) is -3.19. The lowest BCUT2D eigenvalue weighted by molar-refractivity contribution is -0.0610. The molecule has 0 aliphatic carbocycles. The van der Waals surface area contributed by atoms with Gasteiger partial charge < -0.3 is 19.7 Å². The standard InChI is InChI=1S/C13H18FN3O6/c1-3-22-12(21)16-8-4-5-17(11(20)15-8)10-13(2,14)9(19)7(6-18)23-10/h4-5,7,9-10,18-19H,3,6H2,1-2H3,(H,15,16,20,21)/t7-,9-,10-,13-/m1/s1. The van der Waals surface area contributed by atoms with Crippen LogP contribution in [0.25, 0.3) is 0 Å². The van der Waals surface area contributed by atoms with Crippen LogP contribution in [0.3, 0.4) is 0 Å². The largest absolute Gasteiger partial charge is 0.450 e. The predicted molar refractivity (Wildman–Crippen MR) is 75.7 cm³/mol. The molecule has 1 aromatic heterocycles. The SMILES string of the molecule is CCOC(=O)Nc1ccn([C@@H]2O[C@H](CO)[C@@H](O)[C@@]2(C)F)c(=O)n1. The van der Waals surface area contributed by atoms with Crippen molar-refractivity contribution >= 4 is 11.9 Å². The molecule has 0 radical (unpaired) electrons. The molecule has 128 valence electrons. The van der Waals surface area contributed by atoms with E-state index >= 15 is 0 Å². The molecule has 23 heavy (non-hydrogen) atoms. The zero-order valence-corrected chi connectivity index (χ0v) is 12.6.